The molecular formula is C19H23ClFN7O. The predicted octanol–water partition coefficient (Wildman–Crippen LogP) is 2.77. The molecule has 0 aliphatic carbocycles. The van der Waals surface area contributed by atoms with E-state index in [9.17, 15) is 9.50 Å². The molecule has 3 N–H and O–H groups in total. The Morgan fingerprint density at radius 2 is 2.07 bits per heavy atom. The number of halogens is 2. The first-order chi connectivity index (χ1) is 13.5. The number of H-pyrrole nitrogens is 1. The third kappa shape index (κ3) is 4.46. The van der Waals surface area contributed by atoms with Crippen LogP contribution in [-0.4, -0.2) is 55.7 Å². The third-order valence-corrected chi connectivity index (χ3v) is 4.77. The molecule has 1 saturated heterocycles. The molecule has 29 heavy (non-hydrogen) atoms. The van der Waals surface area contributed by atoms with E-state index >= 15 is 0 Å². The number of nitrogens with zero attached hydrogens (tertiary/aromatic N) is 5. The summed E-state index contributed by atoms with van der Waals surface area (Å²) in [5.74, 6) is 0.00605. The van der Waals surface area contributed by atoms with Crippen molar-refractivity contribution in [1.82, 2.24) is 30.7 Å². The van der Waals surface area contributed by atoms with Crippen molar-refractivity contribution in [3.05, 3.63) is 36.5 Å². The molecule has 1 aromatic carbocycles. The van der Waals surface area contributed by atoms with Gasteiger partial charge in [-0.05, 0) is 24.1 Å². The van der Waals surface area contributed by atoms with Gasteiger partial charge in [-0.25, -0.2) is 4.98 Å². The SMILES string of the molecule is CC(C)NC1CCN(c2ncc(-c3ccc(-c4cn[nH]c4F)cc3O)nn2)C1.Cl. The van der Waals surface area contributed by atoms with Crippen LogP contribution in [0, 0.1) is 5.95 Å². The Hall–Kier alpha value is -2.78. The number of phenols is 1. The summed E-state index contributed by atoms with van der Waals surface area (Å²) in [6, 6.07) is 5.69. The van der Waals surface area contributed by atoms with E-state index in [0.717, 1.165) is 19.5 Å². The highest BCUT2D eigenvalue weighted by Crippen LogP contribution is 2.32. The number of rotatable bonds is 5. The summed E-state index contributed by atoms with van der Waals surface area (Å²) in [5, 5.41) is 28.2. The average Bonchev–Trinajstić information content (AvgIpc) is 3.30. The van der Waals surface area contributed by atoms with Crippen LogP contribution < -0.4 is 10.2 Å². The van der Waals surface area contributed by atoms with E-state index in [1.807, 2.05) is 0 Å². The zero-order valence-electron chi connectivity index (χ0n) is 16.1. The topological polar surface area (TPSA) is 103 Å². The first-order valence-corrected chi connectivity index (χ1v) is 9.24. The summed E-state index contributed by atoms with van der Waals surface area (Å²) in [6.07, 6.45) is 4.01. The van der Waals surface area contributed by atoms with Gasteiger partial charge in [-0.2, -0.15) is 9.49 Å². The van der Waals surface area contributed by atoms with E-state index in [1.54, 1.807) is 18.3 Å². The molecule has 10 heteroatoms. The van der Waals surface area contributed by atoms with Crippen LogP contribution in [-0.2, 0) is 0 Å². The third-order valence-electron chi connectivity index (χ3n) is 4.77. The molecule has 1 aliphatic rings. The summed E-state index contributed by atoms with van der Waals surface area (Å²) >= 11 is 0. The smallest absolute Gasteiger partial charge is 0.245 e. The largest absolute Gasteiger partial charge is 0.507 e. The minimum Gasteiger partial charge on any atom is -0.507 e. The second-order valence-electron chi connectivity index (χ2n) is 7.23. The van der Waals surface area contributed by atoms with Gasteiger partial charge in [0.25, 0.3) is 0 Å². The highest BCUT2D eigenvalue weighted by atomic mass is 35.5. The van der Waals surface area contributed by atoms with Gasteiger partial charge in [-0.1, -0.05) is 19.9 Å². The van der Waals surface area contributed by atoms with Gasteiger partial charge in [-0.3, -0.25) is 5.10 Å². The molecule has 2 aromatic heterocycles. The van der Waals surface area contributed by atoms with Crippen LogP contribution >= 0.6 is 12.4 Å². The maximum Gasteiger partial charge on any atom is 0.245 e. The molecule has 0 amide bonds. The molecule has 0 bridgehead atoms. The molecule has 0 radical (unpaired) electrons. The van der Waals surface area contributed by atoms with E-state index in [4.69, 9.17) is 0 Å². The summed E-state index contributed by atoms with van der Waals surface area (Å²) in [5.41, 5.74) is 1.75. The Balaban J connectivity index is 0.00000240. The van der Waals surface area contributed by atoms with Crippen LogP contribution in [0.4, 0.5) is 10.3 Å². The molecule has 3 heterocycles. The summed E-state index contributed by atoms with van der Waals surface area (Å²) in [7, 11) is 0. The fraction of sp³-hybridized carbons (Fsp3) is 0.368. The molecule has 154 valence electrons. The standard InChI is InChI=1S/C19H22FN7O.ClH/c1-11(2)23-13-5-6-27(10-13)19-21-9-16(24-26-19)14-4-3-12(7-17(14)28)15-8-22-25-18(15)20;/h3-4,7-9,11,13,23,28H,5-6,10H2,1-2H3,(H,22,25);1H. The second kappa shape index (κ2) is 8.71. The number of aromatic nitrogens is 5. The number of phenolic OH excluding ortho intramolecular Hbond substituents is 1. The Kier molecular flexibility index (Phi) is 6.29. The lowest BCUT2D eigenvalue weighted by atomic mass is 10.0. The number of hydrogen-bond acceptors (Lipinski definition) is 7. The number of anilines is 1. The van der Waals surface area contributed by atoms with Crippen LogP contribution in [0.1, 0.15) is 20.3 Å². The van der Waals surface area contributed by atoms with Gasteiger partial charge in [0.1, 0.15) is 11.4 Å². The highest BCUT2D eigenvalue weighted by Gasteiger charge is 2.25. The van der Waals surface area contributed by atoms with Gasteiger partial charge in [0.05, 0.1) is 18.0 Å². The van der Waals surface area contributed by atoms with Gasteiger partial charge >= 0.3 is 0 Å². The second-order valence-corrected chi connectivity index (χ2v) is 7.23. The van der Waals surface area contributed by atoms with Crippen molar-refractivity contribution in [2.45, 2.75) is 32.4 Å². The number of aromatic hydroxyl groups is 1. The molecule has 1 fully saturated rings. The fourth-order valence-corrected chi connectivity index (χ4v) is 3.47. The van der Waals surface area contributed by atoms with E-state index in [0.29, 0.717) is 40.4 Å². The molecule has 1 unspecified atom stereocenters. The Morgan fingerprint density at radius 1 is 1.24 bits per heavy atom. The Bertz CT molecular complexity index is 963. The fourth-order valence-electron chi connectivity index (χ4n) is 3.47. The van der Waals surface area contributed by atoms with E-state index in [1.165, 1.54) is 12.3 Å². The van der Waals surface area contributed by atoms with Crippen LogP contribution in [0.2, 0.25) is 0 Å². The summed E-state index contributed by atoms with van der Waals surface area (Å²) in [4.78, 5) is 6.52. The lowest BCUT2D eigenvalue weighted by Crippen LogP contribution is -2.37. The number of aromatic amines is 1. The van der Waals surface area contributed by atoms with Gasteiger partial charge in [0.15, 0.2) is 0 Å². The molecule has 0 spiro atoms. The van der Waals surface area contributed by atoms with E-state index < -0.39 is 5.95 Å². The quantitative estimate of drug-likeness (QED) is 0.584. The Morgan fingerprint density at radius 3 is 2.69 bits per heavy atom. The molecule has 1 aliphatic heterocycles. The average molecular weight is 420 g/mol. The summed E-state index contributed by atoms with van der Waals surface area (Å²) in [6.45, 7) is 5.99. The van der Waals surface area contributed by atoms with E-state index in [-0.39, 0.29) is 18.2 Å². The molecule has 4 rings (SSSR count). The zero-order chi connectivity index (χ0) is 19.7. The Labute approximate surface area is 174 Å². The summed E-state index contributed by atoms with van der Waals surface area (Å²) < 4.78 is 13.6. The van der Waals surface area contributed by atoms with Crippen molar-refractivity contribution in [1.29, 1.82) is 0 Å². The van der Waals surface area contributed by atoms with Gasteiger partial charge in [0, 0.05) is 30.7 Å². The molecule has 0 saturated carbocycles. The van der Waals surface area contributed by atoms with Crippen LogP contribution in [0.5, 0.6) is 5.75 Å². The first-order valence-electron chi connectivity index (χ1n) is 9.24. The van der Waals surface area contributed by atoms with Crippen molar-refractivity contribution in [2.75, 3.05) is 18.0 Å². The molecule has 3 aromatic rings. The van der Waals surface area contributed by atoms with Crippen LogP contribution in [0.3, 0.4) is 0 Å². The van der Waals surface area contributed by atoms with Gasteiger partial charge < -0.3 is 15.3 Å². The molecule has 1 atom stereocenters. The number of benzene rings is 1. The lowest BCUT2D eigenvalue weighted by molar-refractivity contribution is 0.477. The minimum atomic E-state index is -0.547. The minimum absolute atomic E-state index is 0. The van der Waals surface area contributed by atoms with Crippen molar-refractivity contribution in [3.63, 3.8) is 0 Å². The molecule has 8 nitrogen and oxygen atoms in total. The maximum absolute atomic E-state index is 13.6. The predicted molar refractivity (Wildman–Crippen MR) is 111 cm³/mol. The lowest BCUT2D eigenvalue weighted by Gasteiger charge is -2.18. The number of hydrogen-bond donors (Lipinski definition) is 3. The van der Waals surface area contributed by atoms with Gasteiger partial charge in [-0.15, -0.1) is 22.6 Å². The number of nitrogens with one attached hydrogen (secondary N) is 2. The molecular weight excluding hydrogens is 397 g/mol. The van der Waals surface area contributed by atoms with E-state index in [2.05, 4.69) is 49.4 Å². The van der Waals surface area contributed by atoms with Crippen molar-refractivity contribution >= 4 is 18.4 Å². The van der Waals surface area contributed by atoms with Crippen molar-refractivity contribution in [3.8, 4) is 28.1 Å². The first kappa shape index (κ1) is 20.9. The van der Waals surface area contributed by atoms with Crippen molar-refractivity contribution in [2.24, 2.45) is 0 Å². The van der Waals surface area contributed by atoms with Crippen molar-refractivity contribution < 1.29 is 9.50 Å². The highest BCUT2D eigenvalue weighted by molar-refractivity contribution is 5.85. The van der Waals surface area contributed by atoms with Crippen LogP contribution in [0.15, 0.2) is 30.6 Å². The zero-order valence-corrected chi connectivity index (χ0v) is 16.9. The van der Waals surface area contributed by atoms with Gasteiger partial charge in [0.2, 0.25) is 11.9 Å². The van der Waals surface area contributed by atoms with Crippen LogP contribution in [0.25, 0.3) is 22.4 Å². The monoisotopic (exact) mass is 419 g/mol. The normalized spacial score (nSPS) is 16.3. The maximum atomic E-state index is 13.6.